The zero-order chi connectivity index (χ0) is 15.3. The fourth-order valence-electron chi connectivity index (χ4n) is 1.89. The summed E-state index contributed by atoms with van der Waals surface area (Å²) in [5.41, 5.74) is 0. The van der Waals surface area contributed by atoms with Gasteiger partial charge in [0.05, 0.1) is 6.61 Å². The highest BCUT2D eigenvalue weighted by atomic mass is 16.7. The van der Waals surface area contributed by atoms with Crippen molar-refractivity contribution in [1.29, 1.82) is 0 Å². The Kier molecular flexibility index (Phi) is 6.50. The number of hydrogen-bond acceptors (Lipinski definition) is 7. The summed E-state index contributed by atoms with van der Waals surface area (Å²) in [4.78, 5) is 22.4. The van der Waals surface area contributed by atoms with Gasteiger partial charge in [-0.2, -0.15) is 0 Å². The minimum absolute atomic E-state index is 0.170. The SMILES string of the molecule is CCC(=O)CO[C@@H]1O[C@H](CO)[C@H](O)[C@H](O)[C@H]1NC(C)=O. The van der Waals surface area contributed by atoms with Crippen LogP contribution in [0, 0.1) is 0 Å². The molecule has 0 aliphatic carbocycles. The molecule has 1 rings (SSSR count). The van der Waals surface area contributed by atoms with Gasteiger partial charge >= 0.3 is 0 Å². The number of rotatable bonds is 6. The molecule has 8 nitrogen and oxygen atoms in total. The van der Waals surface area contributed by atoms with Gasteiger partial charge in [-0.05, 0) is 0 Å². The Morgan fingerprint density at radius 3 is 2.45 bits per heavy atom. The molecule has 1 fully saturated rings. The molecular weight excluding hydrogens is 270 g/mol. The number of carbonyl (C=O) groups is 2. The molecule has 4 N–H and O–H groups in total. The molecule has 0 radical (unpaired) electrons. The number of aliphatic hydroxyl groups excluding tert-OH is 3. The van der Waals surface area contributed by atoms with Gasteiger partial charge in [-0.15, -0.1) is 0 Å². The van der Waals surface area contributed by atoms with Gasteiger partial charge in [-0.3, -0.25) is 9.59 Å². The molecule has 5 atom stereocenters. The van der Waals surface area contributed by atoms with Crippen LogP contribution in [0.25, 0.3) is 0 Å². The highest BCUT2D eigenvalue weighted by Gasteiger charge is 2.45. The lowest BCUT2D eigenvalue weighted by molar-refractivity contribution is -0.268. The molecule has 1 amide bonds. The molecule has 0 aromatic heterocycles. The highest BCUT2D eigenvalue weighted by molar-refractivity contribution is 5.79. The van der Waals surface area contributed by atoms with E-state index < -0.39 is 43.2 Å². The summed E-state index contributed by atoms with van der Waals surface area (Å²) < 4.78 is 10.5. The second-order valence-corrected chi connectivity index (χ2v) is 4.64. The second-order valence-electron chi connectivity index (χ2n) is 4.64. The van der Waals surface area contributed by atoms with Gasteiger partial charge in [0, 0.05) is 13.3 Å². The maximum Gasteiger partial charge on any atom is 0.217 e. The third kappa shape index (κ3) is 4.22. The normalized spacial score (nSPS) is 33.8. The van der Waals surface area contributed by atoms with Crippen LogP contribution in [-0.4, -0.2) is 70.9 Å². The predicted octanol–water partition coefficient (Wildman–Crippen LogP) is -2.07. The van der Waals surface area contributed by atoms with Gasteiger partial charge in [-0.25, -0.2) is 0 Å². The zero-order valence-corrected chi connectivity index (χ0v) is 11.5. The van der Waals surface area contributed by atoms with E-state index in [2.05, 4.69) is 5.32 Å². The Balaban J connectivity index is 2.77. The molecule has 1 heterocycles. The van der Waals surface area contributed by atoms with Crippen LogP contribution >= 0.6 is 0 Å². The fourth-order valence-corrected chi connectivity index (χ4v) is 1.89. The molecule has 1 aliphatic heterocycles. The number of Topliss-reactive ketones (excluding diaryl/α,β-unsaturated/α-hetero) is 1. The van der Waals surface area contributed by atoms with E-state index >= 15 is 0 Å². The van der Waals surface area contributed by atoms with Crippen LogP contribution in [0.15, 0.2) is 0 Å². The average molecular weight is 291 g/mol. The molecule has 1 aliphatic rings. The van der Waals surface area contributed by atoms with Crippen LogP contribution in [0.3, 0.4) is 0 Å². The van der Waals surface area contributed by atoms with Crippen LogP contribution in [0.5, 0.6) is 0 Å². The van der Waals surface area contributed by atoms with Crippen LogP contribution in [-0.2, 0) is 19.1 Å². The number of ketones is 1. The van der Waals surface area contributed by atoms with Gasteiger partial charge in [0.1, 0.15) is 31.0 Å². The van der Waals surface area contributed by atoms with Gasteiger partial charge in [0.2, 0.25) is 5.91 Å². The molecular formula is C12H21NO7. The summed E-state index contributed by atoms with van der Waals surface area (Å²) in [6, 6.07) is -1.02. The molecule has 0 aromatic carbocycles. The van der Waals surface area contributed by atoms with Crippen molar-refractivity contribution < 1.29 is 34.4 Å². The number of carbonyl (C=O) groups excluding carboxylic acids is 2. The van der Waals surface area contributed by atoms with E-state index in [0.717, 1.165) is 0 Å². The molecule has 0 saturated carbocycles. The van der Waals surface area contributed by atoms with Crippen molar-refractivity contribution in [3.8, 4) is 0 Å². The number of aliphatic hydroxyl groups is 3. The molecule has 20 heavy (non-hydrogen) atoms. The molecule has 1 saturated heterocycles. The van der Waals surface area contributed by atoms with Crippen molar-refractivity contribution in [2.75, 3.05) is 13.2 Å². The van der Waals surface area contributed by atoms with Crippen LogP contribution in [0.4, 0.5) is 0 Å². The Bertz CT molecular complexity index is 349. The molecule has 0 unspecified atom stereocenters. The minimum atomic E-state index is -1.37. The lowest BCUT2D eigenvalue weighted by atomic mass is 9.97. The van der Waals surface area contributed by atoms with E-state index in [9.17, 15) is 19.8 Å². The third-order valence-corrected chi connectivity index (χ3v) is 3.05. The topological polar surface area (TPSA) is 125 Å². The van der Waals surface area contributed by atoms with Crippen molar-refractivity contribution in [2.24, 2.45) is 0 Å². The van der Waals surface area contributed by atoms with Crippen LogP contribution < -0.4 is 5.32 Å². The van der Waals surface area contributed by atoms with Gasteiger partial charge in [0.15, 0.2) is 12.1 Å². The van der Waals surface area contributed by atoms with Gasteiger partial charge in [0.25, 0.3) is 0 Å². The lowest BCUT2D eigenvalue weighted by Gasteiger charge is -2.42. The molecule has 116 valence electrons. The number of ether oxygens (including phenoxy) is 2. The highest BCUT2D eigenvalue weighted by Crippen LogP contribution is 2.22. The van der Waals surface area contributed by atoms with E-state index in [1.54, 1.807) is 6.92 Å². The first-order chi connectivity index (χ1) is 9.40. The Morgan fingerprint density at radius 2 is 1.95 bits per heavy atom. The summed E-state index contributed by atoms with van der Waals surface area (Å²) in [6.07, 6.45) is -4.61. The number of nitrogens with one attached hydrogen (secondary N) is 1. The number of amides is 1. The van der Waals surface area contributed by atoms with Crippen molar-refractivity contribution in [3.05, 3.63) is 0 Å². The largest absolute Gasteiger partial charge is 0.394 e. The van der Waals surface area contributed by atoms with E-state index in [1.807, 2.05) is 0 Å². The quantitative estimate of drug-likeness (QED) is 0.443. The number of hydrogen-bond donors (Lipinski definition) is 4. The minimum Gasteiger partial charge on any atom is -0.394 e. The fraction of sp³-hybridized carbons (Fsp3) is 0.833. The summed E-state index contributed by atoms with van der Waals surface area (Å²) in [5, 5.41) is 31.2. The summed E-state index contributed by atoms with van der Waals surface area (Å²) in [6.45, 7) is 2.16. The Labute approximate surface area is 116 Å². The van der Waals surface area contributed by atoms with Crippen molar-refractivity contribution in [3.63, 3.8) is 0 Å². The van der Waals surface area contributed by atoms with E-state index in [0.29, 0.717) is 0 Å². The monoisotopic (exact) mass is 291 g/mol. The standard InChI is InChI=1S/C12H21NO7/c1-3-7(16)5-19-12-9(13-6(2)15)11(18)10(17)8(4-14)20-12/h8-12,14,17-18H,3-5H2,1-2H3,(H,13,15)/t8-,9-,10+,11-,12-/m1/s1. The summed E-state index contributed by atoms with van der Waals surface area (Å²) >= 11 is 0. The molecule has 0 aromatic rings. The first kappa shape index (κ1) is 17.0. The van der Waals surface area contributed by atoms with Crippen LogP contribution in [0.2, 0.25) is 0 Å². The lowest BCUT2D eigenvalue weighted by Crippen LogP contribution is -2.64. The average Bonchev–Trinajstić information content (AvgIpc) is 2.42. The van der Waals surface area contributed by atoms with E-state index in [-0.39, 0.29) is 18.8 Å². The molecule has 0 spiro atoms. The van der Waals surface area contributed by atoms with Crippen molar-refractivity contribution >= 4 is 11.7 Å². The third-order valence-electron chi connectivity index (χ3n) is 3.05. The Morgan fingerprint density at radius 1 is 1.30 bits per heavy atom. The zero-order valence-electron chi connectivity index (χ0n) is 11.5. The van der Waals surface area contributed by atoms with Gasteiger partial charge < -0.3 is 30.1 Å². The second kappa shape index (κ2) is 7.65. The molecule has 8 heteroatoms. The first-order valence-corrected chi connectivity index (χ1v) is 6.43. The van der Waals surface area contributed by atoms with Gasteiger partial charge in [-0.1, -0.05) is 6.92 Å². The maximum atomic E-state index is 11.3. The predicted molar refractivity (Wildman–Crippen MR) is 66.6 cm³/mol. The van der Waals surface area contributed by atoms with E-state index in [4.69, 9.17) is 14.6 Å². The maximum absolute atomic E-state index is 11.3. The van der Waals surface area contributed by atoms with Crippen LogP contribution in [0.1, 0.15) is 20.3 Å². The summed E-state index contributed by atoms with van der Waals surface area (Å²) in [5.74, 6) is -0.612. The summed E-state index contributed by atoms with van der Waals surface area (Å²) in [7, 11) is 0. The van der Waals surface area contributed by atoms with E-state index in [1.165, 1.54) is 6.92 Å². The first-order valence-electron chi connectivity index (χ1n) is 6.43. The molecule has 0 bridgehead atoms. The smallest absolute Gasteiger partial charge is 0.217 e. The Hall–Kier alpha value is -1.06. The van der Waals surface area contributed by atoms with Crippen molar-refractivity contribution in [1.82, 2.24) is 5.32 Å². The van der Waals surface area contributed by atoms with Crippen molar-refractivity contribution in [2.45, 2.75) is 50.9 Å².